The zero-order valence-corrected chi connectivity index (χ0v) is 14.8. The summed E-state index contributed by atoms with van der Waals surface area (Å²) >= 11 is 5.93. The summed E-state index contributed by atoms with van der Waals surface area (Å²) < 4.78 is 10.3. The SMILES string of the molecule is COc1ccc(Cl)cc1CC(=O)OCC(=O)c1ccc2c(c1)CC(=O)N2. The summed E-state index contributed by atoms with van der Waals surface area (Å²) in [6.07, 6.45) is 0.185. The zero-order valence-electron chi connectivity index (χ0n) is 14.0. The van der Waals surface area contributed by atoms with Gasteiger partial charge in [0.05, 0.1) is 20.0 Å². The van der Waals surface area contributed by atoms with Crippen LogP contribution in [0.5, 0.6) is 5.75 Å². The van der Waals surface area contributed by atoms with Crippen LogP contribution >= 0.6 is 11.6 Å². The van der Waals surface area contributed by atoms with Gasteiger partial charge in [0.25, 0.3) is 0 Å². The van der Waals surface area contributed by atoms with Gasteiger partial charge in [-0.3, -0.25) is 14.4 Å². The number of hydrogen-bond donors (Lipinski definition) is 1. The second-order valence-electron chi connectivity index (χ2n) is 5.81. The number of anilines is 1. The molecule has 0 saturated carbocycles. The summed E-state index contributed by atoms with van der Waals surface area (Å²) in [5.74, 6) is -0.476. The largest absolute Gasteiger partial charge is 0.496 e. The van der Waals surface area contributed by atoms with Gasteiger partial charge in [-0.2, -0.15) is 0 Å². The smallest absolute Gasteiger partial charge is 0.310 e. The summed E-state index contributed by atoms with van der Waals surface area (Å²) in [6, 6.07) is 9.85. The fourth-order valence-electron chi connectivity index (χ4n) is 2.72. The third-order valence-corrected chi connectivity index (χ3v) is 4.23. The van der Waals surface area contributed by atoms with Crippen molar-refractivity contribution in [2.45, 2.75) is 12.8 Å². The number of methoxy groups -OCH3 is 1. The maximum Gasteiger partial charge on any atom is 0.310 e. The number of amides is 1. The average molecular weight is 374 g/mol. The third-order valence-electron chi connectivity index (χ3n) is 3.99. The molecule has 7 heteroatoms. The minimum absolute atomic E-state index is 0.0559. The summed E-state index contributed by atoms with van der Waals surface area (Å²) in [5, 5.41) is 3.18. The second kappa shape index (κ2) is 7.58. The normalized spacial score (nSPS) is 12.3. The van der Waals surface area contributed by atoms with E-state index in [4.69, 9.17) is 21.1 Å². The highest BCUT2D eigenvalue weighted by Gasteiger charge is 2.20. The molecule has 1 aliphatic heterocycles. The van der Waals surface area contributed by atoms with Crippen LogP contribution in [0, 0.1) is 0 Å². The van der Waals surface area contributed by atoms with E-state index in [1.807, 2.05) is 0 Å². The van der Waals surface area contributed by atoms with Crippen LogP contribution in [-0.4, -0.2) is 31.4 Å². The van der Waals surface area contributed by atoms with Crippen molar-refractivity contribution in [1.29, 1.82) is 0 Å². The Labute approximate surface area is 155 Å². The average Bonchev–Trinajstić information content (AvgIpc) is 2.99. The molecule has 1 amide bonds. The highest BCUT2D eigenvalue weighted by atomic mass is 35.5. The van der Waals surface area contributed by atoms with Gasteiger partial charge >= 0.3 is 5.97 Å². The first-order valence-electron chi connectivity index (χ1n) is 7.90. The van der Waals surface area contributed by atoms with Crippen LogP contribution < -0.4 is 10.1 Å². The molecular weight excluding hydrogens is 358 g/mol. The lowest BCUT2D eigenvalue weighted by Crippen LogP contribution is -2.16. The minimum Gasteiger partial charge on any atom is -0.496 e. The number of hydrogen-bond acceptors (Lipinski definition) is 5. The Bertz CT molecular complexity index is 893. The molecule has 26 heavy (non-hydrogen) atoms. The second-order valence-corrected chi connectivity index (χ2v) is 6.25. The van der Waals surface area contributed by atoms with Crippen LogP contribution in [0.25, 0.3) is 0 Å². The van der Waals surface area contributed by atoms with Crippen molar-refractivity contribution in [1.82, 2.24) is 0 Å². The van der Waals surface area contributed by atoms with Gasteiger partial charge in [-0.25, -0.2) is 0 Å². The van der Waals surface area contributed by atoms with E-state index in [0.29, 0.717) is 27.6 Å². The van der Waals surface area contributed by atoms with Crippen LogP contribution in [0.15, 0.2) is 36.4 Å². The Morgan fingerprint density at radius 1 is 1.19 bits per heavy atom. The highest BCUT2D eigenvalue weighted by Crippen LogP contribution is 2.25. The predicted molar refractivity (Wildman–Crippen MR) is 95.8 cm³/mol. The van der Waals surface area contributed by atoms with E-state index in [1.54, 1.807) is 36.4 Å². The number of carbonyl (C=O) groups is 3. The monoisotopic (exact) mass is 373 g/mol. The molecule has 0 spiro atoms. The first-order valence-corrected chi connectivity index (χ1v) is 8.28. The molecule has 0 saturated heterocycles. The van der Waals surface area contributed by atoms with E-state index >= 15 is 0 Å². The van der Waals surface area contributed by atoms with E-state index in [0.717, 1.165) is 5.56 Å². The lowest BCUT2D eigenvalue weighted by molar-refractivity contribution is -0.141. The number of nitrogens with one attached hydrogen (secondary N) is 1. The number of halogens is 1. The van der Waals surface area contributed by atoms with Crippen molar-refractivity contribution in [3.8, 4) is 5.75 Å². The molecule has 0 unspecified atom stereocenters. The van der Waals surface area contributed by atoms with Gasteiger partial charge in [-0.05, 0) is 42.0 Å². The van der Waals surface area contributed by atoms with Crippen molar-refractivity contribution in [3.05, 3.63) is 58.1 Å². The van der Waals surface area contributed by atoms with E-state index in [1.165, 1.54) is 7.11 Å². The maximum absolute atomic E-state index is 12.2. The number of ketones is 1. The van der Waals surface area contributed by atoms with Crippen LogP contribution in [0.1, 0.15) is 21.5 Å². The summed E-state index contributed by atoms with van der Waals surface area (Å²) in [5.41, 5.74) is 2.44. The van der Waals surface area contributed by atoms with E-state index < -0.39 is 5.97 Å². The van der Waals surface area contributed by atoms with Crippen LogP contribution in [0.2, 0.25) is 5.02 Å². The Balaban J connectivity index is 1.60. The first-order chi connectivity index (χ1) is 12.5. The van der Waals surface area contributed by atoms with Gasteiger partial charge in [-0.15, -0.1) is 0 Å². The molecule has 1 N–H and O–H groups in total. The molecule has 0 fully saturated rings. The third kappa shape index (κ3) is 4.03. The Morgan fingerprint density at radius 2 is 2.00 bits per heavy atom. The molecule has 3 rings (SSSR count). The van der Waals surface area contributed by atoms with E-state index in [9.17, 15) is 14.4 Å². The van der Waals surface area contributed by atoms with Crippen LogP contribution in [0.4, 0.5) is 5.69 Å². The quantitative estimate of drug-likeness (QED) is 0.622. The summed E-state index contributed by atoms with van der Waals surface area (Å²) in [7, 11) is 1.50. The van der Waals surface area contributed by atoms with Gasteiger partial charge in [0.15, 0.2) is 12.4 Å². The summed E-state index contributed by atoms with van der Waals surface area (Å²) in [6.45, 7) is -0.373. The number of esters is 1. The van der Waals surface area contributed by atoms with Crippen molar-refractivity contribution in [2.24, 2.45) is 0 Å². The lowest BCUT2D eigenvalue weighted by Gasteiger charge is -2.09. The van der Waals surface area contributed by atoms with Gasteiger partial charge < -0.3 is 14.8 Å². The Hall–Kier alpha value is -2.86. The van der Waals surface area contributed by atoms with E-state index in [2.05, 4.69) is 5.32 Å². The Morgan fingerprint density at radius 3 is 2.77 bits per heavy atom. The van der Waals surface area contributed by atoms with Gasteiger partial charge in [-0.1, -0.05) is 11.6 Å². The molecule has 2 aromatic rings. The minimum atomic E-state index is -0.558. The molecular formula is C19H16ClNO5. The number of fused-ring (bicyclic) bond motifs is 1. The molecule has 1 heterocycles. The summed E-state index contributed by atoms with van der Waals surface area (Å²) in [4.78, 5) is 35.6. The van der Waals surface area contributed by atoms with Crippen LogP contribution in [-0.2, 0) is 27.2 Å². The molecule has 0 radical (unpaired) electrons. The fraction of sp³-hybridized carbons (Fsp3) is 0.211. The molecule has 6 nitrogen and oxygen atoms in total. The number of rotatable bonds is 6. The topological polar surface area (TPSA) is 81.7 Å². The molecule has 0 aromatic heterocycles. The van der Waals surface area contributed by atoms with Gasteiger partial charge in [0.1, 0.15) is 5.75 Å². The maximum atomic E-state index is 12.2. The highest BCUT2D eigenvalue weighted by molar-refractivity contribution is 6.30. The molecule has 1 aliphatic rings. The number of ether oxygens (including phenoxy) is 2. The molecule has 0 aliphatic carbocycles. The predicted octanol–water partition coefficient (Wildman–Crippen LogP) is 2.81. The van der Waals surface area contributed by atoms with Crippen molar-refractivity contribution >= 4 is 34.9 Å². The lowest BCUT2D eigenvalue weighted by atomic mass is 10.1. The van der Waals surface area contributed by atoms with Crippen molar-refractivity contribution in [3.63, 3.8) is 0 Å². The van der Waals surface area contributed by atoms with Crippen molar-refractivity contribution in [2.75, 3.05) is 19.0 Å². The van der Waals surface area contributed by atoms with Crippen LogP contribution in [0.3, 0.4) is 0 Å². The Kier molecular flexibility index (Phi) is 5.23. The van der Waals surface area contributed by atoms with Gasteiger partial charge in [0.2, 0.25) is 5.91 Å². The molecule has 134 valence electrons. The standard InChI is InChI=1S/C19H16ClNO5/c1-25-17-5-3-14(20)7-13(17)9-19(24)26-10-16(22)11-2-4-15-12(6-11)8-18(23)21-15/h2-7H,8-10H2,1H3,(H,21,23). The number of benzene rings is 2. The van der Waals surface area contributed by atoms with E-state index in [-0.39, 0.29) is 31.1 Å². The number of Topliss-reactive ketones (excluding diaryl/α,β-unsaturated/α-hetero) is 1. The zero-order chi connectivity index (χ0) is 18.7. The number of carbonyl (C=O) groups excluding carboxylic acids is 3. The van der Waals surface area contributed by atoms with Crippen molar-refractivity contribution < 1.29 is 23.9 Å². The molecule has 2 aromatic carbocycles. The first kappa shape index (κ1) is 17.9. The molecule has 0 bridgehead atoms. The fourth-order valence-corrected chi connectivity index (χ4v) is 2.92. The van der Waals surface area contributed by atoms with Gasteiger partial charge in [0, 0.05) is 21.8 Å². The molecule has 0 atom stereocenters.